The van der Waals surface area contributed by atoms with Crippen molar-refractivity contribution >= 4 is 50.4 Å². The number of hydrogen-bond acceptors (Lipinski definition) is 5. The highest BCUT2D eigenvalue weighted by Gasteiger charge is 2.19. The van der Waals surface area contributed by atoms with Gasteiger partial charge in [0.2, 0.25) is 0 Å². The first-order valence-corrected chi connectivity index (χ1v) is 10.2. The highest BCUT2D eigenvalue weighted by molar-refractivity contribution is 7.21. The normalized spacial score (nSPS) is 10.8. The number of carbonyl (C=O) groups excluding carboxylic acids is 1. The Hall–Kier alpha value is -3.09. The van der Waals surface area contributed by atoms with E-state index in [1.54, 1.807) is 6.07 Å². The number of nitrogen functional groups attached to an aromatic ring is 1. The summed E-state index contributed by atoms with van der Waals surface area (Å²) in [6.45, 7) is 2.40. The third-order valence-corrected chi connectivity index (χ3v) is 5.74. The second-order valence-electron chi connectivity index (χ2n) is 6.28. The van der Waals surface area contributed by atoms with Gasteiger partial charge in [-0.3, -0.25) is 4.79 Å². The molecule has 4 aromatic rings. The van der Waals surface area contributed by atoms with Crippen LogP contribution in [-0.2, 0) is 0 Å². The average Bonchev–Trinajstić information content (AvgIpc) is 3.06. The summed E-state index contributed by atoms with van der Waals surface area (Å²) in [5, 5.41) is 4.32. The molecule has 0 fully saturated rings. The molecule has 29 heavy (non-hydrogen) atoms. The number of nitrogens with one attached hydrogen (secondary N) is 1. The van der Waals surface area contributed by atoms with E-state index in [0.717, 1.165) is 16.6 Å². The Morgan fingerprint density at radius 1 is 1.14 bits per heavy atom. The fourth-order valence-corrected chi connectivity index (χ4v) is 4.09. The molecule has 1 amide bonds. The Bertz CT molecular complexity index is 1190. The van der Waals surface area contributed by atoms with Crippen LogP contribution in [0.25, 0.3) is 21.5 Å². The largest absolute Gasteiger partial charge is 0.492 e. The second-order valence-corrected chi connectivity index (χ2v) is 7.72. The molecule has 0 aliphatic heterocycles. The maximum Gasteiger partial charge on any atom is 0.268 e. The fourth-order valence-electron chi connectivity index (χ4n) is 2.98. The van der Waals surface area contributed by atoms with E-state index >= 15 is 0 Å². The number of ether oxygens (including phenoxy) is 1. The van der Waals surface area contributed by atoms with E-state index in [-0.39, 0.29) is 5.91 Å². The van der Waals surface area contributed by atoms with Crippen LogP contribution in [0.4, 0.5) is 11.4 Å². The maximum atomic E-state index is 12.9. The van der Waals surface area contributed by atoms with Gasteiger partial charge in [-0.2, -0.15) is 0 Å². The number of para-hydroxylation sites is 2. The molecule has 4 rings (SSSR count). The Labute approximate surface area is 177 Å². The third kappa shape index (κ3) is 3.90. The van der Waals surface area contributed by atoms with Gasteiger partial charge in [-0.15, -0.1) is 11.3 Å². The van der Waals surface area contributed by atoms with Crippen molar-refractivity contribution in [1.82, 2.24) is 4.98 Å². The van der Waals surface area contributed by atoms with Crippen molar-refractivity contribution in [2.24, 2.45) is 0 Å². The number of benzene rings is 2. The van der Waals surface area contributed by atoms with Crippen LogP contribution in [0.1, 0.15) is 16.6 Å². The minimum absolute atomic E-state index is 0.286. The Morgan fingerprint density at radius 2 is 1.90 bits per heavy atom. The van der Waals surface area contributed by atoms with Crippen LogP contribution in [0, 0.1) is 0 Å². The molecule has 0 atom stereocenters. The minimum Gasteiger partial charge on any atom is -0.492 e. The first-order valence-electron chi connectivity index (χ1n) is 9.05. The van der Waals surface area contributed by atoms with Crippen LogP contribution in [0.3, 0.4) is 0 Å². The SMILES string of the molecule is CCOc1ccccc1NC(=O)c1sc2nc(-c3ccc(Cl)cc3)ccc2c1N. The monoisotopic (exact) mass is 423 g/mol. The van der Waals surface area contributed by atoms with Crippen LogP contribution in [0.5, 0.6) is 5.75 Å². The van der Waals surface area contributed by atoms with Gasteiger partial charge in [0.1, 0.15) is 15.5 Å². The molecule has 0 saturated carbocycles. The van der Waals surface area contributed by atoms with Crippen molar-refractivity contribution in [2.75, 3.05) is 17.7 Å². The molecular weight excluding hydrogens is 406 g/mol. The first-order chi connectivity index (χ1) is 14.1. The number of fused-ring (bicyclic) bond motifs is 1. The van der Waals surface area contributed by atoms with Gasteiger partial charge in [-0.25, -0.2) is 4.98 Å². The minimum atomic E-state index is -0.286. The number of aromatic nitrogens is 1. The van der Waals surface area contributed by atoms with E-state index in [1.807, 2.05) is 61.5 Å². The quantitative estimate of drug-likeness (QED) is 0.422. The number of nitrogens with two attached hydrogens (primary N) is 1. The molecule has 2 aromatic carbocycles. The highest BCUT2D eigenvalue weighted by Crippen LogP contribution is 2.35. The molecule has 5 nitrogen and oxygen atoms in total. The van der Waals surface area contributed by atoms with Gasteiger partial charge in [-0.05, 0) is 43.3 Å². The number of pyridine rings is 1. The van der Waals surface area contributed by atoms with Crippen molar-refractivity contribution in [3.05, 3.63) is 70.6 Å². The predicted molar refractivity (Wildman–Crippen MR) is 120 cm³/mol. The fraction of sp³-hybridized carbons (Fsp3) is 0.0909. The molecular formula is C22H18ClN3O2S. The molecule has 0 saturated heterocycles. The van der Waals surface area contributed by atoms with Crippen LogP contribution >= 0.6 is 22.9 Å². The average molecular weight is 424 g/mol. The Morgan fingerprint density at radius 3 is 2.66 bits per heavy atom. The summed E-state index contributed by atoms with van der Waals surface area (Å²) in [7, 11) is 0. The van der Waals surface area contributed by atoms with Gasteiger partial charge in [0.25, 0.3) is 5.91 Å². The summed E-state index contributed by atoms with van der Waals surface area (Å²) in [5.74, 6) is 0.330. The molecule has 146 valence electrons. The number of carbonyl (C=O) groups is 1. The van der Waals surface area contributed by atoms with Crippen LogP contribution < -0.4 is 15.8 Å². The predicted octanol–water partition coefficient (Wildman–Crippen LogP) is 5.85. The lowest BCUT2D eigenvalue weighted by molar-refractivity contribution is 0.103. The molecule has 3 N–H and O–H groups in total. The molecule has 0 bridgehead atoms. The lowest BCUT2D eigenvalue weighted by atomic mass is 10.1. The van der Waals surface area contributed by atoms with E-state index in [9.17, 15) is 4.79 Å². The molecule has 0 radical (unpaired) electrons. The maximum absolute atomic E-state index is 12.9. The van der Waals surface area contributed by atoms with E-state index in [0.29, 0.717) is 38.5 Å². The molecule has 2 heterocycles. The van der Waals surface area contributed by atoms with Gasteiger partial charge in [0, 0.05) is 16.0 Å². The number of rotatable bonds is 5. The van der Waals surface area contributed by atoms with Crippen LogP contribution in [0.15, 0.2) is 60.7 Å². The Kier molecular flexibility index (Phi) is 5.38. The smallest absolute Gasteiger partial charge is 0.268 e. The summed E-state index contributed by atoms with van der Waals surface area (Å²) >= 11 is 7.23. The summed E-state index contributed by atoms with van der Waals surface area (Å²) in [6.07, 6.45) is 0. The van der Waals surface area contributed by atoms with Gasteiger partial charge in [0.15, 0.2) is 0 Å². The molecule has 0 aliphatic carbocycles. The zero-order chi connectivity index (χ0) is 20.4. The van der Waals surface area contributed by atoms with Crippen molar-refractivity contribution in [3.63, 3.8) is 0 Å². The standard InChI is InChI=1S/C22H18ClN3O2S/c1-2-28-18-6-4-3-5-17(18)25-21(27)20-19(24)15-11-12-16(26-22(15)29-20)13-7-9-14(23)10-8-13/h3-12H,2,24H2,1H3,(H,25,27). The van der Waals surface area contributed by atoms with E-state index < -0.39 is 0 Å². The van der Waals surface area contributed by atoms with E-state index in [4.69, 9.17) is 22.1 Å². The first kappa shape index (κ1) is 19.2. The zero-order valence-corrected chi connectivity index (χ0v) is 17.2. The van der Waals surface area contributed by atoms with Gasteiger partial charge in [0.05, 0.1) is 23.7 Å². The number of anilines is 2. The van der Waals surface area contributed by atoms with Gasteiger partial charge < -0.3 is 15.8 Å². The molecule has 0 spiro atoms. The van der Waals surface area contributed by atoms with E-state index in [2.05, 4.69) is 10.3 Å². The summed E-state index contributed by atoms with van der Waals surface area (Å²) in [6, 6.07) is 18.5. The highest BCUT2D eigenvalue weighted by atomic mass is 35.5. The topological polar surface area (TPSA) is 77.2 Å². The second kappa shape index (κ2) is 8.11. The number of hydrogen-bond donors (Lipinski definition) is 2. The number of thiophene rings is 1. The van der Waals surface area contributed by atoms with Gasteiger partial charge >= 0.3 is 0 Å². The lowest BCUT2D eigenvalue weighted by Crippen LogP contribution is -2.13. The van der Waals surface area contributed by atoms with Gasteiger partial charge in [-0.1, -0.05) is 35.9 Å². The zero-order valence-electron chi connectivity index (χ0n) is 15.6. The summed E-state index contributed by atoms with van der Waals surface area (Å²) in [5.41, 5.74) is 9.03. The molecule has 2 aromatic heterocycles. The lowest BCUT2D eigenvalue weighted by Gasteiger charge is -2.10. The Balaban J connectivity index is 1.66. The van der Waals surface area contributed by atoms with E-state index in [1.165, 1.54) is 11.3 Å². The van der Waals surface area contributed by atoms with Crippen molar-refractivity contribution in [3.8, 4) is 17.0 Å². The molecule has 0 unspecified atom stereocenters. The number of halogens is 1. The van der Waals surface area contributed by atoms with Crippen molar-refractivity contribution in [2.45, 2.75) is 6.92 Å². The summed E-state index contributed by atoms with van der Waals surface area (Å²) in [4.78, 5) is 18.7. The van der Waals surface area contributed by atoms with Crippen molar-refractivity contribution < 1.29 is 9.53 Å². The third-order valence-electron chi connectivity index (χ3n) is 4.38. The number of amides is 1. The van der Waals surface area contributed by atoms with Crippen LogP contribution in [0.2, 0.25) is 5.02 Å². The van der Waals surface area contributed by atoms with Crippen LogP contribution in [-0.4, -0.2) is 17.5 Å². The molecule has 0 aliphatic rings. The van der Waals surface area contributed by atoms with Crippen molar-refractivity contribution in [1.29, 1.82) is 0 Å². The number of nitrogens with zero attached hydrogens (tertiary/aromatic N) is 1. The molecule has 7 heteroatoms. The summed E-state index contributed by atoms with van der Waals surface area (Å²) < 4.78 is 5.57.